The Bertz CT molecular complexity index is 97.7. The minimum atomic E-state index is -0.976. The second-order valence-electron chi connectivity index (χ2n) is 5.54. The first-order chi connectivity index (χ1) is 5.91. The molecule has 0 nitrogen and oxygen atoms in total. The molecule has 2 heteroatoms. The molecule has 87 valence electrons. The van der Waals surface area contributed by atoms with Gasteiger partial charge in [-0.05, 0) is 0 Å². The normalized spacial score (nSPS) is 11.6. The van der Waals surface area contributed by atoms with Crippen molar-refractivity contribution >= 4 is 19.8 Å². The van der Waals surface area contributed by atoms with Crippen LogP contribution in [0, 0.1) is 17.8 Å². The third kappa shape index (κ3) is 10.8. The monoisotopic (exact) mass is 310 g/mol. The van der Waals surface area contributed by atoms with Crippen LogP contribution in [0.15, 0.2) is 0 Å². The first kappa shape index (κ1) is 17.1. The van der Waals surface area contributed by atoms with E-state index in [1.165, 1.54) is 0 Å². The fraction of sp³-hybridized carbons (Fsp3) is 1.00. The van der Waals surface area contributed by atoms with Crippen molar-refractivity contribution in [2.24, 2.45) is 17.8 Å². The van der Waals surface area contributed by atoms with Crippen LogP contribution in [0.3, 0.4) is 0 Å². The summed E-state index contributed by atoms with van der Waals surface area (Å²) in [6, 6.07) is 0. The fourth-order valence-corrected chi connectivity index (χ4v) is 13.3. The molecule has 14 heavy (non-hydrogen) atoms. The zero-order chi connectivity index (χ0) is 10.4. The molecule has 0 aromatic heterocycles. The van der Waals surface area contributed by atoms with Crippen LogP contribution in [0.5, 0.6) is 0 Å². The Hall–Kier alpha value is 0.729. The second-order valence-corrected chi connectivity index (χ2v) is 13.3. The van der Waals surface area contributed by atoms with Crippen LogP contribution in [0.1, 0.15) is 41.5 Å². The molecule has 0 aromatic carbocycles. The van der Waals surface area contributed by atoms with Gasteiger partial charge < -0.3 is 4.70 Å². The van der Waals surface area contributed by atoms with Gasteiger partial charge in [-0.1, -0.05) is 0 Å². The Morgan fingerprint density at radius 2 is 0.857 bits per heavy atom. The molecule has 0 spiro atoms. The van der Waals surface area contributed by atoms with Gasteiger partial charge in [0.25, 0.3) is 0 Å². The van der Waals surface area contributed by atoms with Crippen LogP contribution < -0.4 is 4.70 Å². The number of hydrogen-bond donors (Lipinski definition) is 0. The first-order valence-electron chi connectivity index (χ1n) is 5.75. The van der Waals surface area contributed by atoms with Gasteiger partial charge in [0.15, 0.2) is 0 Å². The number of halogens is 1. The van der Waals surface area contributed by atoms with E-state index in [-0.39, 0.29) is 4.70 Å². The Morgan fingerprint density at radius 3 is 1.00 bits per heavy atom. The van der Waals surface area contributed by atoms with Gasteiger partial charge in [-0.3, -0.25) is 0 Å². The molecule has 0 rings (SSSR count). The summed E-state index contributed by atoms with van der Waals surface area (Å²) < 4.78 is 4.83. The molecule has 0 saturated carbocycles. The summed E-state index contributed by atoms with van der Waals surface area (Å²) in [4.78, 5) is 0. The van der Waals surface area contributed by atoms with Crippen molar-refractivity contribution in [2.45, 2.75) is 54.9 Å². The van der Waals surface area contributed by atoms with E-state index < -0.39 is 19.8 Å². The summed E-state index contributed by atoms with van der Waals surface area (Å²) >= 11 is -0.976. The predicted octanol–water partition coefficient (Wildman–Crippen LogP) is 1.45. The van der Waals surface area contributed by atoms with Crippen LogP contribution in [0.2, 0.25) is 13.3 Å². The Morgan fingerprint density at radius 1 is 0.643 bits per heavy atom. The summed E-state index contributed by atoms with van der Waals surface area (Å²) in [5.41, 5.74) is 0. The van der Waals surface area contributed by atoms with E-state index in [0.29, 0.717) is 0 Å². The Kier molecular flexibility index (Phi) is 11.0. The maximum absolute atomic E-state index is 2.39. The van der Waals surface area contributed by atoms with Crippen LogP contribution >= 0.6 is 0 Å². The summed E-state index contributed by atoms with van der Waals surface area (Å²) in [5, 5.41) is 0. The predicted molar refractivity (Wildman–Crippen MR) is 64.7 cm³/mol. The van der Waals surface area contributed by atoms with Gasteiger partial charge in [-0.15, -0.1) is 0 Å². The van der Waals surface area contributed by atoms with Gasteiger partial charge in [0.1, 0.15) is 0 Å². The van der Waals surface area contributed by atoms with E-state index in [4.69, 9.17) is 0 Å². The third-order valence-electron chi connectivity index (χ3n) is 2.09. The third-order valence-corrected chi connectivity index (χ3v) is 14.0. The minimum absolute atomic E-state index is 0. The topological polar surface area (TPSA) is 0 Å². The average Bonchev–Trinajstić information content (AvgIpc) is 1.80. The summed E-state index contributed by atoms with van der Waals surface area (Å²) in [5.74, 6) is 2.85. The Balaban J connectivity index is 0. The van der Waals surface area contributed by atoms with Gasteiger partial charge in [0.2, 0.25) is 0 Å². The van der Waals surface area contributed by atoms with Gasteiger partial charge in [-0.25, -0.2) is 0 Å². The zero-order valence-electron chi connectivity index (χ0n) is 10.7. The summed E-state index contributed by atoms with van der Waals surface area (Å²) in [7, 11) is 0. The molecular weight excluding hydrogens is 282 g/mol. The molecule has 0 N–H and O–H groups in total. The molecule has 1 radical (unpaired) electrons. The van der Waals surface area contributed by atoms with Crippen molar-refractivity contribution in [3.63, 3.8) is 0 Å². The standard InChI is InChI=1S/3C4H9.FH.Sn/c3*1-4(2)3;;/h3*4H,1H2,2-3H3;1H;/p-1. The minimum Gasteiger partial charge on any atom is -1.00 e. The maximum atomic E-state index is 2.39. The quantitative estimate of drug-likeness (QED) is 0.652. The zero-order valence-corrected chi connectivity index (χ0v) is 13.6. The van der Waals surface area contributed by atoms with Gasteiger partial charge in [-0.2, -0.15) is 0 Å². The molecule has 0 saturated heterocycles. The van der Waals surface area contributed by atoms with Crippen LogP contribution in [0.4, 0.5) is 0 Å². The smallest absolute Gasteiger partial charge is 1.00 e. The molecule has 0 aliphatic rings. The van der Waals surface area contributed by atoms with E-state index in [0.717, 1.165) is 17.8 Å². The van der Waals surface area contributed by atoms with E-state index in [1.54, 1.807) is 13.3 Å². The van der Waals surface area contributed by atoms with Crippen molar-refractivity contribution in [3.05, 3.63) is 0 Å². The Labute approximate surface area is 97.0 Å². The second kappa shape index (κ2) is 8.99. The van der Waals surface area contributed by atoms with Crippen molar-refractivity contribution in [3.8, 4) is 0 Å². The van der Waals surface area contributed by atoms with E-state index in [9.17, 15) is 0 Å². The van der Waals surface area contributed by atoms with Crippen molar-refractivity contribution in [1.82, 2.24) is 0 Å². The molecule has 0 aromatic rings. The SMILES string of the molecule is CC(C)[CH2][Sn]([CH2]C(C)C)[CH2]C(C)C.[F-]. The van der Waals surface area contributed by atoms with Crippen LogP contribution in [-0.4, -0.2) is 19.8 Å². The number of rotatable bonds is 6. The van der Waals surface area contributed by atoms with E-state index in [2.05, 4.69) is 41.5 Å². The van der Waals surface area contributed by atoms with Gasteiger partial charge >= 0.3 is 92.4 Å². The van der Waals surface area contributed by atoms with E-state index in [1.807, 2.05) is 0 Å². The summed E-state index contributed by atoms with van der Waals surface area (Å²) in [6.45, 7) is 14.3. The number of hydrogen-bond acceptors (Lipinski definition) is 0. The first-order valence-corrected chi connectivity index (χ1v) is 11.8. The molecule has 0 heterocycles. The fourth-order valence-electron chi connectivity index (χ4n) is 1.98. The van der Waals surface area contributed by atoms with Gasteiger partial charge in [0.05, 0.1) is 0 Å². The molecule has 0 aliphatic heterocycles. The average molecular weight is 309 g/mol. The molecule has 0 bridgehead atoms. The maximum Gasteiger partial charge on any atom is -1.00 e. The van der Waals surface area contributed by atoms with Crippen LogP contribution in [0.25, 0.3) is 0 Å². The van der Waals surface area contributed by atoms with Crippen molar-refractivity contribution in [2.75, 3.05) is 0 Å². The molecule has 0 unspecified atom stereocenters. The van der Waals surface area contributed by atoms with Crippen molar-refractivity contribution < 1.29 is 4.70 Å². The summed E-state index contributed by atoms with van der Waals surface area (Å²) in [6.07, 6.45) is 0. The molecule has 0 atom stereocenters. The molecule has 0 aliphatic carbocycles. The molecule has 0 fully saturated rings. The largest absolute Gasteiger partial charge is 1.00 e. The molecular formula is C12H27FSn-. The van der Waals surface area contributed by atoms with Crippen molar-refractivity contribution in [1.29, 1.82) is 0 Å². The molecule has 0 amide bonds. The van der Waals surface area contributed by atoms with E-state index >= 15 is 0 Å². The van der Waals surface area contributed by atoms with Crippen LogP contribution in [-0.2, 0) is 0 Å². The van der Waals surface area contributed by atoms with Gasteiger partial charge in [0, 0.05) is 0 Å².